The van der Waals surface area contributed by atoms with Crippen LogP contribution in [0.2, 0.25) is 0 Å². The van der Waals surface area contributed by atoms with E-state index in [1.54, 1.807) is 28.8 Å². The summed E-state index contributed by atoms with van der Waals surface area (Å²) in [5.74, 6) is -0.279. The third kappa shape index (κ3) is 6.06. The van der Waals surface area contributed by atoms with Crippen molar-refractivity contribution in [3.8, 4) is 5.69 Å². The van der Waals surface area contributed by atoms with Gasteiger partial charge in [-0.15, -0.1) is 10.2 Å². The number of thioether (sulfide) groups is 1. The summed E-state index contributed by atoms with van der Waals surface area (Å²) in [5, 5.41) is 11.1. The number of carbonyl (C=O) groups is 1. The van der Waals surface area contributed by atoms with Gasteiger partial charge in [0.05, 0.1) is 11.3 Å². The van der Waals surface area contributed by atoms with E-state index in [1.807, 2.05) is 6.07 Å². The SMILES string of the molecule is O=C(CSc1nnc(Cc2cc(=O)[nH]c(=O)[nH]2)n1-c1ccccc1)Nc1cccc(C(F)(F)F)c1. The fraction of sp³-hybridized carbons (Fsp3) is 0.136. The Hall–Kier alpha value is -4.13. The molecule has 0 atom stereocenters. The quantitative estimate of drug-likeness (QED) is 0.334. The molecule has 3 N–H and O–H groups in total. The van der Waals surface area contributed by atoms with E-state index in [0.717, 1.165) is 23.9 Å². The Morgan fingerprint density at radius 2 is 1.77 bits per heavy atom. The minimum Gasteiger partial charge on any atom is -0.325 e. The summed E-state index contributed by atoms with van der Waals surface area (Å²) >= 11 is 1.03. The maximum atomic E-state index is 12.9. The number of aromatic amines is 2. The first-order valence-corrected chi connectivity index (χ1v) is 11.1. The zero-order chi connectivity index (χ0) is 25.0. The van der Waals surface area contributed by atoms with Crippen molar-refractivity contribution in [2.75, 3.05) is 11.1 Å². The van der Waals surface area contributed by atoms with E-state index in [0.29, 0.717) is 22.4 Å². The van der Waals surface area contributed by atoms with E-state index in [9.17, 15) is 27.6 Å². The van der Waals surface area contributed by atoms with Crippen LogP contribution in [0.3, 0.4) is 0 Å². The van der Waals surface area contributed by atoms with Crippen LogP contribution in [0.5, 0.6) is 0 Å². The van der Waals surface area contributed by atoms with Gasteiger partial charge in [-0.3, -0.25) is 19.1 Å². The van der Waals surface area contributed by atoms with Crippen LogP contribution < -0.4 is 16.6 Å². The molecule has 180 valence electrons. The van der Waals surface area contributed by atoms with Gasteiger partial charge in [-0.25, -0.2) is 4.79 Å². The molecule has 0 aliphatic carbocycles. The third-order valence-corrected chi connectivity index (χ3v) is 5.61. The summed E-state index contributed by atoms with van der Waals surface area (Å²) in [6.45, 7) is 0. The lowest BCUT2D eigenvalue weighted by molar-refractivity contribution is -0.137. The van der Waals surface area contributed by atoms with E-state index in [-0.39, 0.29) is 17.9 Å². The summed E-state index contributed by atoms with van der Waals surface area (Å²) in [6.07, 6.45) is -4.44. The van der Waals surface area contributed by atoms with Crippen LogP contribution in [0.4, 0.5) is 18.9 Å². The molecule has 0 aliphatic heterocycles. The summed E-state index contributed by atoms with van der Waals surface area (Å²) in [6, 6.07) is 14.6. The molecule has 0 fully saturated rings. The molecular weight excluding hydrogens is 485 g/mol. The van der Waals surface area contributed by atoms with Crippen molar-refractivity contribution in [3.05, 3.63) is 98.6 Å². The van der Waals surface area contributed by atoms with E-state index in [4.69, 9.17) is 0 Å². The van der Waals surface area contributed by atoms with Gasteiger partial charge in [0.1, 0.15) is 5.82 Å². The number of aromatic nitrogens is 5. The van der Waals surface area contributed by atoms with Crippen molar-refractivity contribution < 1.29 is 18.0 Å². The van der Waals surface area contributed by atoms with E-state index < -0.39 is 28.9 Å². The standard InChI is InChI=1S/C22H17F3N6O3S/c23-22(24,25)13-5-4-6-14(9-13)26-19(33)12-35-21-30-29-17(31(21)16-7-2-1-3-8-16)10-15-11-18(32)28-20(34)27-15/h1-9,11H,10,12H2,(H,26,33)(H2,27,28,32,34). The van der Waals surface area contributed by atoms with Gasteiger partial charge in [0.2, 0.25) is 5.91 Å². The highest BCUT2D eigenvalue weighted by Crippen LogP contribution is 2.31. The van der Waals surface area contributed by atoms with Crippen LogP contribution in [0.25, 0.3) is 5.69 Å². The Bertz CT molecular complexity index is 1440. The van der Waals surface area contributed by atoms with Gasteiger partial charge in [0.15, 0.2) is 5.16 Å². The number of nitrogens with zero attached hydrogens (tertiary/aromatic N) is 3. The number of benzene rings is 2. The van der Waals surface area contributed by atoms with Gasteiger partial charge < -0.3 is 10.3 Å². The van der Waals surface area contributed by atoms with Crippen molar-refractivity contribution in [3.63, 3.8) is 0 Å². The first-order chi connectivity index (χ1) is 16.7. The zero-order valence-electron chi connectivity index (χ0n) is 17.8. The second-order valence-corrected chi connectivity index (χ2v) is 8.22. The summed E-state index contributed by atoms with van der Waals surface area (Å²) < 4.78 is 40.4. The number of hydrogen-bond donors (Lipinski definition) is 3. The van der Waals surface area contributed by atoms with Crippen molar-refractivity contribution in [2.24, 2.45) is 0 Å². The molecule has 2 heterocycles. The molecule has 2 aromatic heterocycles. The van der Waals surface area contributed by atoms with Gasteiger partial charge in [-0.1, -0.05) is 36.0 Å². The topological polar surface area (TPSA) is 126 Å². The van der Waals surface area contributed by atoms with Crippen LogP contribution in [0.15, 0.2) is 75.4 Å². The van der Waals surface area contributed by atoms with Crippen molar-refractivity contribution in [2.45, 2.75) is 17.8 Å². The molecule has 1 amide bonds. The normalized spacial score (nSPS) is 11.4. The lowest BCUT2D eigenvalue weighted by atomic mass is 10.2. The Morgan fingerprint density at radius 1 is 1.00 bits per heavy atom. The minimum atomic E-state index is -4.52. The molecule has 0 saturated carbocycles. The van der Waals surface area contributed by atoms with Gasteiger partial charge in [-0.2, -0.15) is 13.2 Å². The number of rotatable bonds is 7. The maximum Gasteiger partial charge on any atom is 0.416 e. The van der Waals surface area contributed by atoms with Gasteiger partial charge in [0, 0.05) is 29.6 Å². The van der Waals surface area contributed by atoms with Gasteiger partial charge in [-0.05, 0) is 30.3 Å². The molecule has 0 saturated heterocycles. The van der Waals surface area contributed by atoms with E-state index in [1.165, 1.54) is 18.2 Å². The molecule has 9 nitrogen and oxygen atoms in total. The summed E-state index contributed by atoms with van der Waals surface area (Å²) in [4.78, 5) is 40.3. The second-order valence-electron chi connectivity index (χ2n) is 7.27. The molecule has 0 bridgehead atoms. The smallest absolute Gasteiger partial charge is 0.325 e. The Kier molecular flexibility index (Phi) is 6.87. The molecule has 2 aromatic carbocycles. The molecule has 0 aliphatic rings. The molecule has 0 unspecified atom stereocenters. The van der Waals surface area contributed by atoms with Crippen molar-refractivity contribution in [1.82, 2.24) is 24.7 Å². The van der Waals surface area contributed by atoms with Gasteiger partial charge >= 0.3 is 11.9 Å². The minimum absolute atomic E-state index is 0.0221. The first kappa shape index (κ1) is 24.0. The van der Waals surface area contributed by atoms with Crippen molar-refractivity contribution >= 4 is 23.4 Å². The van der Waals surface area contributed by atoms with Crippen LogP contribution in [-0.4, -0.2) is 36.4 Å². The lowest BCUT2D eigenvalue weighted by Crippen LogP contribution is -2.23. The Morgan fingerprint density at radius 3 is 2.49 bits per heavy atom. The van der Waals surface area contributed by atoms with Crippen molar-refractivity contribution in [1.29, 1.82) is 0 Å². The Labute approximate surface area is 199 Å². The number of para-hydroxylation sites is 1. The zero-order valence-corrected chi connectivity index (χ0v) is 18.6. The number of H-pyrrole nitrogens is 2. The fourth-order valence-corrected chi connectivity index (χ4v) is 4.00. The van der Waals surface area contributed by atoms with Crippen LogP contribution >= 0.6 is 11.8 Å². The summed E-state index contributed by atoms with van der Waals surface area (Å²) in [7, 11) is 0. The monoisotopic (exact) mass is 502 g/mol. The van der Waals surface area contributed by atoms with Crippen LogP contribution in [0, 0.1) is 0 Å². The van der Waals surface area contributed by atoms with Crippen LogP contribution in [0.1, 0.15) is 17.1 Å². The third-order valence-electron chi connectivity index (χ3n) is 4.69. The Balaban J connectivity index is 1.54. The van der Waals surface area contributed by atoms with E-state index >= 15 is 0 Å². The lowest BCUT2D eigenvalue weighted by Gasteiger charge is -2.11. The number of hydrogen-bond acceptors (Lipinski definition) is 6. The molecular formula is C22H17F3N6O3S. The fourth-order valence-electron chi connectivity index (χ4n) is 3.23. The van der Waals surface area contributed by atoms with Gasteiger partial charge in [0.25, 0.3) is 5.56 Å². The average Bonchev–Trinajstić information content (AvgIpc) is 3.19. The predicted octanol–water partition coefficient (Wildman–Crippen LogP) is 2.98. The second kappa shape index (κ2) is 10.0. The van der Waals surface area contributed by atoms with Crippen LogP contribution in [-0.2, 0) is 17.4 Å². The molecule has 0 radical (unpaired) electrons. The highest BCUT2D eigenvalue weighted by Gasteiger charge is 2.30. The maximum absolute atomic E-state index is 12.9. The number of halogens is 3. The number of nitrogens with one attached hydrogen (secondary N) is 3. The highest BCUT2D eigenvalue weighted by molar-refractivity contribution is 7.99. The predicted molar refractivity (Wildman–Crippen MR) is 123 cm³/mol. The number of anilines is 1. The summed E-state index contributed by atoms with van der Waals surface area (Å²) in [5.41, 5.74) is -1.06. The highest BCUT2D eigenvalue weighted by atomic mass is 32.2. The molecule has 35 heavy (non-hydrogen) atoms. The number of amides is 1. The largest absolute Gasteiger partial charge is 0.416 e. The molecule has 4 aromatic rings. The number of alkyl halides is 3. The molecule has 13 heteroatoms. The molecule has 0 spiro atoms. The first-order valence-electron chi connectivity index (χ1n) is 10.1. The molecule has 4 rings (SSSR count). The van der Waals surface area contributed by atoms with E-state index in [2.05, 4.69) is 25.5 Å². The average molecular weight is 502 g/mol. The number of carbonyl (C=O) groups excluding carboxylic acids is 1.